The molecule has 0 saturated carbocycles. The smallest absolute Gasteiger partial charge is 0.239 e. The number of nitrogens with zero attached hydrogens (tertiary/aromatic N) is 2. The molecule has 0 atom stereocenters. The minimum absolute atomic E-state index is 0.00317. The maximum Gasteiger partial charge on any atom is 0.239 e. The van der Waals surface area contributed by atoms with Gasteiger partial charge in [0.1, 0.15) is 11.0 Å². The highest BCUT2D eigenvalue weighted by Gasteiger charge is 2.12. The molecule has 17 heavy (non-hydrogen) atoms. The van der Waals surface area contributed by atoms with Gasteiger partial charge < -0.3 is 10.6 Å². The van der Waals surface area contributed by atoms with Crippen LogP contribution in [0, 0.1) is 0 Å². The van der Waals surface area contributed by atoms with Crippen molar-refractivity contribution in [2.75, 3.05) is 11.9 Å². The van der Waals surface area contributed by atoms with Crippen molar-refractivity contribution in [1.82, 2.24) is 15.3 Å². The van der Waals surface area contributed by atoms with Gasteiger partial charge in [-0.1, -0.05) is 11.6 Å². The number of aromatic nitrogens is 2. The number of nitrogens with one attached hydrogen (secondary N) is 2. The molecule has 94 valence electrons. The fourth-order valence-corrected chi connectivity index (χ4v) is 1.40. The van der Waals surface area contributed by atoms with Gasteiger partial charge in [-0.15, -0.1) is 0 Å². The molecule has 0 spiro atoms. The van der Waals surface area contributed by atoms with Gasteiger partial charge in [-0.2, -0.15) is 0 Å². The third-order valence-corrected chi connectivity index (χ3v) is 2.08. The Bertz CT molecular complexity index is 397. The van der Waals surface area contributed by atoms with Crippen LogP contribution in [0.1, 0.15) is 20.8 Å². The fourth-order valence-electron chi connectivity index (χ4n) is 0.986. The van der Waals surface area contributed by atoms with Gasteiger partial charge in [-0.25, -0.2) is 9.97 Å². The summed E-state index contributed by atoms with van der Waals surface area (Å²) in [4.78, 5) is 19.1. The molecule has 0 saturated heterocycles. The van der Waals surface area contributed by atoms with Gasteiger partial charge in [0.2, 0.25) is 11.2 Å². The SMILES string of the molecule is CC(C)(C)NCC(=O)Nc1cc(Cl)nc(Cl)n1. The standard InChI is InChI=1S/C10H14Cl2N4O/c1-10(2,3)13-5-8(17)15-7-4-6(11)14-9(12)16-7/h4,13H,5H2,1-3H3,(H,14,15,16,17). The number of halogens is 2. The van der Waals surface area contributed by atoms with Gasteiger partial charge in [0.05, 0.1) is 6.54 Å². The third-order valence-electron chi connectivity index (χ3n) is 1.71. The topological polar surface area (TPSA) is 66.9 Å². The zero-order chi connectivity index (χ0) is 13.1. The number of hydrogen-bond donors (Lipinski definition) is 2. The molecule has 0 aromatic carbocycles. The van der Waals surface area contributed by atoms with Crippen molar-refractivity contribution in [3.63, 3.8) is 0 Å². The van der Waals surface area contributed by atoms with E-state index in [-0.39, 0.29) is 34.2 Å². The molecule has 1 amide bonds. The monoisotopic (exact) mass is 276 g/mol. The first-order valence-corrected chi connectivity index (χ1v) is 5.77. The number of amides is 1. The van der Waals surface area contributed by atoms with E-state index in [0.717, 1.165) is 0 Å². The van der Waals surface area contributed by atoms with E-state index in [1.807, 2.05) is 20.8 Å². The number of anilines is 1. The fraction of sp³-hybridized carbons (Fsp3) is 0.500. The summed E-state index contributed by atoms with van der Waals surface area (Å²) in [6.07, 6.45) is 0. The largest absolute Gasteiger partial charge is 0.309 e. The second kappa shape index (κ2) is 5.62. The summed E-state index contributed by atoms with van der Waals surface area (Å²) in [5.74, 6) is 0.0708. The van der Waals surface area contributed by atoms with Crippen LogP contribution in [0.5, 0.6) is 0 Å². The van der Waals surface area contributed by atoms with Gasteiger partial charge >= 0.3 is 0 Å². The molecule has 0 radical (unpaired) electrons. The second-order valence-electron chi connectivity index (χ2n) is 4.50. The Morgan fingerprint density at radius 1 is 1.35 bits per heavy atom. The normalized spacial score (nSPS) is 11.4. The van der Waals surface area contributed by atoms with E-state index in [1.54, 1.807) is 0 Å². The van der Waals surface area contributed by atoms with Crippen molar-refractivity contribution in [2.24, 2.45) is 0 Å². The molecular weight excluding hydrogens is 263 g/mol. The van der Waals surface area contributed by atoms with Gasteiger partial charge in [0.25, 0.3) is 0 Å². The molecule has 5 nitrogen and oxygen atoms in total. The van der Waals surface area contributed by atoms with Crippen LogP contribution in [0.2, 0.25) is 10.4 Å². The highest BCUT2D eigenvalue weighted by Crippen LogP contribution is 2.14. The van der Waals surface area contributed by atoms with Crippen LogP contribution in [0.3, 0.4) is 0 Å². The van der Waals surface area contributed by atoms with Crippen molar-refractivity contribution >= 4 is 34.9 Å². The molecule has 0 aliphatic rings. The summed E-state index contributed by atoms with van der Waals surface area (Å²) < 4.78 is 0. The molecule has 2 N–H and O–H groups in total. The predicted octanol–water partition coefficient (Wildman–Crippen LogP) is 2.11. The first-order chi connectivity index (χ1) is 7.76. The number of rotatable bonds is 3. The molecular formula is C10H14Cl2N4O. The van der Waals surface area contributed by atoms with Crippen molar-refractivity contribution in [1.29, 1.82) is 0 Å². The van der Waals surface area contributed by atoms with Gasteiger partial charge in [0, 0.05) is 11.6 Å². The van der Waals surface area contributed by atoms with Crippen LogP contribution in [-0.4, -0.2) is 28.0 Å². The van der Waals surface area contributed by atoms with Crippen LogP contribution in [-0.2, 0) is 4.79 Å². The molecule has 0 aliphatic carbocycles. The van der Waals surface area contributed by atoms with Crippen LogP contribution in [0.25, 0.3) is 0 Å². The molecule has 1 aromatic heterocycles. The van der Waals surface area contributed by atoms with E-state index >= 15 is 0 Å². The summed E-state index contributed by atoms with van der Waals surface area (Å²) in [6.45, 7) is 6.10. The van der Waals surface area contributed by atoms with Gasteiger partial charge in [0.15, 0.2) is 0 Å². The molecule has 7 heteroatoms. The number of carbonyl (C=O) groups is 1. The summed E-state index contributed by atoms with van der Waals surface area (Å²) >= 11 is 11.3. The summed E-state index contributed by atoms with van der Waals surface area (Å²) in [6, 6.07) is 1.43. The Balaban J connectivity index is 2.56. The van der Waals surface area contributed by atoms with Gasteiger partial charge in [-0.05, 0) is 32.4 Å². The van der Waals surface area contributed by atoms with Crippen molar-refractivity contribution in [2.45, 2.75) is 26.3 Å². The number of carbonyl (C=O) groups excluding carboxylic acids is 1. The van der Waals surface area contributed by atoms with Crippen molar-refractivity contribution < 1.29 is 4.79 Å². The first kappa shape index (κ1) is 14.2. The maximum atomic E-state index is 11.6. The molecule has 0 fully saturated rings. The van der Waals surface area contributed by atoms with E-state index in [2.05, 4.69) is 20.6 Å². The van der Waals surface area contributed by atoms with E-state index in [9.17, 15) is 4.79 Å². The Morgan fingerprint density at radius 2 is 2.00 bits per heavy atom. The van der Waals surface area contributed by atoms with Crippen LogP contribution in [0.15, 0.2) is 6.07 Å². The Kier molecular flexibility index (Phi) is 4.68. The number of hydrogen-bond acceptors (Lipinski definition) is 4. The van der Waals surface area contributed by atoms with Crippen LogP contribution in [0.4, 0.5) is 5.82 Å². The van der Waals surface area contributed by atoms with Crippen LogP contribution >= 0.6 is 23.2 Å². The van der Waals surface area contributed by atoms with E-state index < -0.39 is 0 Å². The predicted molar refractivity (Wildman–Crippen MR) is 68.4 cm³/mol. The van der Waals surface area contributed by atoms with E-state index in [0.29, 0.717) is 0 Å². The average Bonchev–Trinajstić information content (AvgIpc) is 2.11. The minimum atomic E-state index is -0.217. The van der Waals surface area contributed by atoms with Crippen LogP contribution < -0.4 is 10.6 Å². The lowest BCUT2D eigenvalue weighted by Crippen LogP contribution is -2.41. The lowest BCUT2D eigenvalue weighted by molar-refractivity contribution is -0.115. The van der Waals surface area contributed by atoms with E-state index in [1.165, 1.54) is 6.07 Å². The minimum Gasteiger partial charge on any atom is -0.309 e. The first-order valence-electron chi connectivity index (χ1n) is 5.01. The highest BCUT2D eigenvalue weighted by atomic mass is 35.5. The van der Waals surface area contributed by atoms with E-state index in [4.69, 9.17) is 23.2 Å². The average molecular weight is 277 g/mol. The summed E-state index contributed by atoms with van der Waals surface area (Å²) in [5.41, 5.74) is -0.127. The molecule has 0 unspecified atom stereocenters. The summed E-state index contributed by atoms with van der Waals surface area (Å²) in [5, 5.41) is 5.81. The zero-order valence-corrected chi connectivity index (χ0v) is 11.4. The lowest BCUT2D eigenvalue weighted by atomic mass is 10.1. The molecule has 0 aliphatic heterocycles. The van der Waals surface area contributed by atoms with Gasteiger partial charge in [-0.3, -0.25) is 4.79 Å². The molecule has 0 bridgehead atoms. The summed E-state index contributed by atoms with van der Waals surface area (Å²) in [7, 11) is 0. The maximum absolute atomic E-state index is 11.6. The quantitative estimate of drug-likeness (QED) is 0.656. The zero-order valence-electron chi connectivity index (χ0n) is 9.84. The molecule has 1 aromatic rings. The lowest BCUT2D eigenvalue weighted by Gasteiger charge is -2.19. The Labute approximate surface area is 110 Å². The highest BCUT2D eigenvalue weighted by molar-refractivity contribution is 6.32. The Morgan fingerprint density at radius 3 is 2.53 bits per heavy atom. The second-order valence-corrected chi connectivity index (χ2v) is 5.22. The van der Waals surface area contributed by atoms with Crippen molar-refractivity contribution in [3.05, 3.63) is 16.5 Å². The molecule has 1 heterocycles. The van der Waals surface area contributed by atoms with Crippen molar-refractivity contribution in [3.8, 4) is 0 Å². The Hall–Kier alpha value is -0.910. The third kappa shape index (κ3) is 5.81. The molecule has 1 rings (SSSR count).